The van der Waals surface area contributed by atoms with E-state index < -0.39 is 0 Å². The van der Waals surface area contributed by atoms with Gasteiger partial charge in [-0.25, -0.2) is 0 Å². The number of hydrogen-bond acceptors (Lipinski definition) is 3. The van der Waals surface area contributed by atoms with Gasteiger partial charge in [-0.2, -0.15) is 0 Å². The minimum atomic E-state index is 0. The van der Waals surface area contributed by atoms with Crippen LogP contribution in [0.1, 0.15) is 33.1 Å². The van der Waals surface area contributed by atoms with E-state index in [-0.39, 0.29) is 24.2 Å². The van der Waals surface area contributed by atoms with E-state index in [9.17, 15) is 9.59 Å². The molecule has 1 saturated heterocycles. The van der Waals surface area contributed by atoms with Crippen LogP contribution in [0.15, 0.2) is 0 Å². The number of halogens is 1. The van der Waals surface area contributed by atoms with Crippen molar-refractivity contribution in [2.45, 2.75) is 39.2 Å². The van der Waals surface area contributed by atoms with Crippen molar-refractivity contribution >= 4 is 24.2 Å². The molecule has 1 aliphatic heterocycles. The summed E-state index contributed by atoms with van der Waals surface area (Å²) >= 11 is 0. The predicted octanol–water partition coefficient (Wildman–Crippen LogP) is 0.535. The van der Waals surface area contributed by atoms with Crippen LogP contribution in [0, 0.1) is 0 Å². The van der Waals surface area contributed by atoms with E-state index in [1.165, 1.54) is 0 Å². The molecule has 0 bridgehead atoms. The first-order valence-corrected chi connectivity index (χ1v) is 6.41. The van der Waals surface area contributed by atoms with Gasteiger partial charge >= 0.3 is 0 Å². The van der Waals surface area contributed by atoms with Crippen LogP contribution in [0.3, 0.4) is 0 Å². The number of nitrogens with one attached hydrogen (secondary N) is 2. The van der Waals surface area contributed by atoms with Crippen molar-refractivity contribution in [1.29, 1.82) is 0 Å². The van der Waals surface area contributed by atoms with Gasteiger partial charge in [-0.15, -0.1) is 12.4 Å². The lowest BCUT2D eigenvalue weighted by molar-refractivity contribution is -0.132. The summed E-state index contributed by atoms with van der Waals surface area (Å²) in [5.74, 6) is 0.205. The number of nitrogens with zero attached hydrogens (tertiary/aromatic N) is 1. The minimum Gasteiger partial charge on any atom is -0.356 e. The topological polar surface area (TPSA) is 61.4 Å². The molecule has 0 spiro atoms. The van der Waals surface area contributed by atoms with Gasteiger partial charge in [-0.05, 0) is 20.3 Å². The van der Waals surface area contributed by atoms with Crippen molar-refractivity contribution in [3.8, 4) is 0 Å². The third-order valence-electron chi connectivity index (χ3n) is 2.89. The number of carbonyl (C=O) groups is 2. The third kappa shape index (κ3) is 6.21. The Bertz CT molecular complexity index is 274. The summed E-state index contributed by atoms with van der Waals surface area (Å²) in [4.78, 5) is 24.9. The van der Waals surface area contributed by atoms with E-state index in [4.69, 9.17) is 0 Å². The maximum absolute atomic E-state index is 11.8. The first-order chi connectivity index (χ1) is 8.13. The fraction of sp³-hybridized carbons (Fsp3) is 0.833. The molecule has 0 radical (unpaired) electrons. The van der Waals surface area contributed by atoms with Crippen LogP contribution in [0.2, 0.25) is 0 Å². The van der Waals surface area contributed by atoms with Gasteiger partial charge < -0.3 is 15.5 Å². The lowest BCUT2D eigenvalue weighted by Gasteiger charge is -2.32. The van der Waals surface area contributed by atoms with Crippen LogP contribution in [-0.4, -0.2) is 48.9 Å². The van der Waals surface area contributed by atoms with Crippen LogP contribution in [0.5, 0.6) is 0 Å². The van der Waals surface area contributed by atoms with Crippen LogP contribution in [0.4, 0.5) is 0 Å². The monoisotopic (exact) mass is 277 g/mol. The molecule has 0 aromatic rings. The number of piperazine rings is 1. The van der Waals surface area contributed by atoms with E-state index >= 15 is 0 Å². The summed E-state index contributed by atoms with van der Waals surface area (Å²) in [7, 11) is 0. The Balaban J connectivity index is 0.00000289. The molecule has 0 aliphatic carbocycles. The zero-order valence-corrected chi connectivity index (χ0v) is 12.0. The molecule has 2 amide bonds. The van der Waals surface area contributed by atoms with Crippen molar-refractivity contribution in [3.05, 3.63) is 0 Å². The Labute approximate surface area is 115 Å². The van der Waals surface area contributed by atoms with Crippen LogP contribution in [-0.2, 0) is 9.59 Å². The molecular weight excluding hydrogens is 254 g/mol. The lowest BCUT2D eigenvalue weighted by Crippen LogP contribution is -2.51. The lowest BCUT2D eigenvalue weighted by atomic mass is 10.1. The minimum absolute atomic E-state index is 0. The van der Waals surface area contributed by atoms with Crippen LogP contribution >= 0.6 is 12.4 Å². The van der Waals surface area contributed by atoms with Gasteiger partial charge in [0.2, 0.25) is 11.8 Å². The van der Waals surface area contributed by atoms with Gasteiger partial charge in [0.15, 0.2) is 0 Å². The summed E-state index contributed by atoms with van der Waals surface area (Å²) in [5, 5.41) is 6.03. The highest BCUT2D eigenvalue weighted by Gasteiger charge is 2.19. The zero-order valence-electron chi connectivity index (χ0n) is 11.2. The highest BCUT2D eigenvalue weighted by atomic mass is 35.5. The van der Waals surface area contributed by atoms with E-state index in [1.54, 1.807) is 0 Å². The molecular formula is C12H24ClN3O2. The molecule has 6 heteroatoms. The van der Waals surface area contributed by atoms with Gasteiger partial charge in [0.05, 0.1) is 0 Å². The zero-order chi connectivity index (χ0) is 12.7. The molecule has 0 saturated carbocycles. The van der Waals surface area contributed by atoms with Crippen LogP contribution < -0.4 is 10.6 Å². The SMILES string of the molecule is CCNC(=O)CCCC(=O)N1CCNC(C)C1.Cl. The van der Waals surface area contributed by atoms with Crippen molar-refractivity contribution in [1.82, 2.24) is 15.5 Å². The Morgan fingerprint density at radius 1 is 1.39 bits per heavy atom. The van der Waals surface area contributed by atoms with Crippen molar-refractivity contribution < 1.29 is 9.59 Å². The first kappa shape index (κ1) is 17.2. The maximum atomic E-state index is 11.8. The normalized spacial score (nSPS) is 19.0. The summed E-state index contributed by atoms with van der Waals surface area (Å²) in [6, 6.07) is 0.371. The van der Waals surface area contributed by atoms with Gasteiger partial charge in [-0.3, -0.25) is 9.59 Å². The standard InChI is InChI=1S/C12H23N3O2.ClH/c1-3-13-11(16)5-4-6-12(17)15-8-7-14-10(2)9-15;/h10,14H,3-9H2,1-2H3,(H,13,16);1H. The highest BCUT2D eigenvalue weighted by Crippen LogP contribution is 2.05. The molecule has 106 valence electrons. The molecule has 1 aliphatic rings. The van der Waals surface area contributed by atoms with E-state index in [0.717, 1.165) is 19.6 Å². The van der Waals surface area contributed by atoms with Gasteiger partial charge in [0, 0.05) is 45.1 Å². The molecule has 2 N–H and O–H groups in total. The van der Waals surface area contributed by atoms with Gasteiger partial charge in [0.25, 0.3) is 0 Å². The highest BCUT2D eigenvalue weighted by molar-refractivity contribution is 5.85. The Morgan fingerprint density at radius 2 is 2.11 bits per heavy atom. The van der Waals surface area contributed by atoms with Gasteiger partial charge in [0.1, 0.15) is 0 Å². The smallest absolute Gasteiger partial charge is 0.222 e. The molecule has 0 aromatic carbocycles. The number of rotatable bonds is 5. The molecule has 1 heterocycles. The average molecular weight is 278 g/mol. The molecule has 0 aromatic heterocycles. The predicted molar refractivity (Wildman–Crippen MR) is 73.8 cm³/mol. The Morgan fingerprint density at radius 3 is 2.72 bits per heavy atom. The molecule has 1 fully saturated rings. The Kier molecular flexibility index (Phi) is 8.75. The summed E-state index contributed by atoms with van der Waals surface area (Å²) in [5.41, 5.74) is 0. The van der Waals surface area contributed by atoms with E-state index in [2.05, 4.69) is 17.6 Å². The maximum Gasteiger partial charge on any atom is 0.222 e. The second-order valence-corrected chi connectivity index (χ2v) is 4.50. The fourth-order valence-electron chi connectivity index (χ4n) is 2.00. The molecule has 18 heavy (non-hydrogen) atoms. The van der Waals surface area contributed by atoms with E-state index in [0.29, 0.717) is 31.8 Å². The second-order valence-electron chi connectivity index (χ2n) is 4.50. The molecule has 5 nitrogen and oxygen atoms in total. The number of carbonyl (C=O) groups excluding carboxylic acids is 2. The van der Waals surface area contributed by atoms with Crippen LogP contribution in [0.25, 0.3) is 0 Å². The van der Waals surface area contributed by atoms with E-state index in [1.807, 2.05) is 11.8 Å². The summed E-state index contributed by atoms with van der Waals surface area (Å²) in [6.07, 6.45) is 1.56. The van der Waals surface area contributed by atoms with Crippen molar-refractivity contribution in [2.24, 2.45) is 0 Å². The van der Waals surface area contributed by atoms with Gasteiger partial charge in [-0.1, -0.05) is 0 Å². The largest absolute Gasteiger partial charge is 0.356 e. The number of hydrogen-bond donors (Lipinski definition) is 2. The summed E-state index contributed by atoms with van der Waals surface area (Å²) in [6.45, 7) is 7.05. The molecule has 1 rings (SSSR count). The first-order valence-electron chi connectivity index (χ1n) is 6.41. The average Bonchev–Trinajstić information content (AvgIpc) is 2.29. The van der Waals surface area contributed by atoms with Crippen molar-refractivity contribution in [3.63, 3.8) is 0 Å². The second kappa shape index (κ2) is 9.16. The molecule has 1 unspecified atom stereocenters. The fourth-order valence-corrected chi connectivity index (χ4v) is 2.00. The Hall–Kier alpha value is -0.810. The summed E-state index contributed by atoms with van der Waals surface area (Å²) < 4.78 is 0. The quantitative estimate of drug-likeness (QED) is 0.771. The molecule has 1 atom stereocenters. The number of amides is 2. The van der Waals surface area contributed by atoms with Crippen molar-refractivity contribution in [2.75, 3.05) is 26.2 Å². The third-order valence-corrected chi connectivity index (χ3v) is 2.89.